The Labute approximate surface area is 182 Å². The Balaban J connectivity index is 2.63. The molecule has 160 valence electrons. The third kappa shape index (κ3) is 5.95. The number of esters is 1. The number of ether oxygens (including phenoxy) is 1. The Morgan fingerprint density at radius 3 is 2.13 bits per heavy atom. The third-order valence-electron chi connectivity index (χ3n) is 5.52. The van der Waals surface area contributed by atoms with E-state index in [-0.39, 0.29) is 17.3 Å². The maximum Gasteiger partial charge on any atom is 0.334 e. The molecule has 2 unspecified atom stereocenters. The van der Waals surface area contributed by atoms with Crippen LogP contribution in [-0.4, -0.2) is 12.6 Å². The molecule has 0 aromatic heterocycles. The largest absolute Gasteiger partial charge is 0.463 e. The lowest BCUT2D eigenvalue weighted by atomic mass is 9.79. The van der Waals surface area contributed by atoms with Crippen LogP contribution in [0.15, 0.2) is 72.8 Å². The highest BCUT2D eigenvalue weighted by atomic mass is 16.5. The van der Waals surface area contributed by atoms with Crippen molar-refractivity contribution in [1.82, 2.24) is 0 Å². The predicted octanol–water partition coefficient (Wildman–Crippen LogP) is 7.32. The van der Waals surface area contributed by atoms with Crippen molar-refractivity contribution >= 4 is 11.5 Å². The van der Waals surface area contributed by atoms with Crippen LogP contribution in [-0.2, 0) is 14.9 Å². The zero-order valence-corrected chi connectivity index (χ0v) is 19.4. The number of carbonyl (C=O) groups excluding carboxylic acids is 1. The Morgan fingerprint density at radius 2 is 1.63 bits per heavy atom. The van der Waals surface area contributed by atoms with Gasteiger partial charge in [-0.2, -0.15) is 0 Å². The van der Waals surface area contributed by atoms with E-state index in [1.54, 1.807) is 0 Å². The predicted molar refractivity (Wildman–Crippen MR) is 128 cm³/mol. The number of hydrogen-bond acceptors (Lipinski definition) is 2. The van der Waals surface area contributed by atoms with Gasteiger partial charge in [-0.3, -0.25) is 0 Å². The Bertz CT molecular complexity index is 867. The lowest BCUT2D eigenvalue weighted by molar-refractivity contribution is -0.138. The van der Waals surface area contributed by atoms with Crippen molar-refractivity contribution < 1.29 is 9.53 Å². The number of allylic oxidation sites excluding steroid dienone is 2. The zero-order chi connectivity index (χ0) is 22.3. The van der Waals surface area contributed by atoms with E-state index in [2.05, 4.69) is 83.7 Å². The van der Waals surface area contributed by atoms with Gasteiger partial charge >= 0.3 is 5.97 Å². The van der Waals surface area contributed by atoms with Crippen molar-refractivity contribution in [3.05, 3.63) is 89.5 Å². The fourth-order valence-electron chi connectivity index (χ4n) is 3.50. The lowest BCUT2D eigenvalue weighted by Gasteiger charge is -2.25. The Kier molecular flexibility index (Phi) is 8.23. The van der Waals surface area contributed by atoms with Gasteiger partial charge in [-0.05, 0) is 40.5 Å². The van der Waals surface area contributed by atoms with E-state index in [9.17, 15) is 4.79 Å². The minimum absolute atomic E-state index is 0.0898. The van der Waals surface area contributed by atoms with Crippen LogP contribution in [0, 0.1) is 5.92 Å². The fraction of sp³-hybridized carbons (Fsp3) is 0.393. The SMILES string of the molecule is C=C(C(=O)OCC)C(/C(=C/C(C)CC)c1ccc(C(C)(C)C)cc1)c1ccccc1. The summed E-state index contributed by atoms with van der Waals surface area (Å²) < 4.78 is 5.32. The molecule has 30 heavy (non-hydrogen) atoms. The van der Waals surface area contributed by atoms with Gasteiger partial charge in [-0.15, -0.1) is 0 Å². The fourth-order valence-corrected chi connectivity index (χ4v) is 3.50. The molecule has 0 saturated carbocycles. The quantitative estimate of drug-likeness (QED) is 0.340. The average Bonchev–Trinajstić information content (AvgIpc) is 2.73. The van der Waals surface area contributed by atoms with E-state index >= 15 is 0 Å². The first kappa shape index (κ1) is 23.7. The van der Waals surface area contributed by atoms with Crippen LogP contribution in [0.2, 0.25) is 0 Å². The minimum atomic E-state index is -0.340. The molecule has 2 aromatic rings. The molecule has 0 amide bonds. The van der Waals surface area contributed by atoms with E-state index in [0.717, 1.165) is 23.1 Å². The van der Waals surface area contributed by atoms with Crippen LogP contribution in [0.4, 0.5) is 0 Å². The van der Waals surface area contributed by atoms with Gasteiger partial charge in [0, 0.05) is 11.5 Å². The molecule has 0 radical (unpaired) electrons. The summed E-state index contributed by atoms with van der Waals surface area (Å²) in [5.41, 5.74) is 5.11. The highest BCUT2D eigenvalue weighted by molar-refractivity contribution is 5.94. The number of rotatable bonds is 8. The molecular weight excluding hydrogens is 368 g/mol. The summed E-state index contributed by atoms with van der Waals surface area (Å²) in [5.74, 6) is -0.212. The molecule has 0 spiro atoms. The summed E-state index contributed by atoms with van der Waals surface area (Å²) in [6.07, 6.45) is 3.31. The summed E-state index contributed by atoms with van der Waals surface area (Å²) in [5, 5.41) is 0. The number of benzene rings is 2. The lowest BCUT2D eigenvalue weighted by Crippen LogP contribution is -2.16. The molecule has 2 nitrogen and oxygen atoms in total. The van der Waals surface area contributed by atoms with E-state index < -0.39 is 0 Å². The third-order valence-corrected chi connectivity index (χ3v) is 5.52. The molecule has 2 aromatic carbocycles. The molecule has 2 atom stereocenters. The van der Waals surface area contributed by atoms with Crippen LogP contribution in [0.3, 0.4) is 0 Å². The second-order valence-electron chi connectivity index (χ2n) is 8.92. The first-order valence-electron chi connectivity index (χ1n) is 10.9. The number of hydrogen-bond donors (Lipinski definition) is 0. The van der Waals surface area contributed by atoms with Crippen molar-refractivity contribution in [3.8, 4) is 0 Å². The van der Waals surface area contributed by atoms with Gasteiger partial charge in [-0.25, -0.2) is 4.79 Å². The first-order chi connectivity index (χ1) is 14.2. The molecular formula is C28H36O2. The van der Waals surface area contributed by atoms with Crippen molar-refractivity contribution in [2.24, 2.45) is 5.92 Å². The zero-order valence-electron chi connectivity index (χ0n) is 19.4. The second-order valence-corrected chi connectivity index (χ2v) is 8.92. The van der Waals surface area contributed by atoms with Crippen molar-refractivity contribution in [3.63, 3.8) is 0 Å². The monoisotopic (exact) mass is 404 g/mol. The Hall–Kier alpha value is -2.61. The molecule has 0 aliphatic heterocycles. The van der Waals surface area contributed by atoms with Crippen LogP contribution in [0.5, 0.6) is 0 Å². The van der Waals surface area contributed by atoms with Gasteiger partial charge in [0.15, 0.2) is 0 Å². The van der Waals surface area contributed by atoms with Crippen LogP contribution >= 0.6 is 0 Å². The standard InChI is InChI=1S/C28H36O2/c1-8-20(3)19-25(22-15-17-24(18-16-22)28(5,6)7)26(21(4)27(29)30-9-2)23-13-11-10-12-14-23/h10-20,26H,4,8-9H2,1-3,5-7H3/b25-19+. The average molecular weight is 405 g/mol. The molecule has 0 fully saturated rings. The molecule has 2 rings (SSSR count). The first-order valence-corrected chi connectivity index (χ1v) is 10.9. The highest BCUT2D eigenvalue weighted by Crippen LogP contribution is 2.39. The second kappa shape index (κ2) is 10.4. The summed E-state index contributed by atoms with van der Waals surface area (Å²) in [4.78, 5) is 12.7. The van der Waals surface area contributed by atoms with Gasteiger partial charge in [0.25, 0.3) is 0 Å². The molecule has 2 heteroatoms. The van der Waals surface area contributed by atoms with Gasteiger partial charge in [0.2, 0.25) is 0 Å². The maximum atomic E-state index is 12.7. The molecule has 0 bridgehead atoms. The summed E-state index contributed by atoms with van der Waals surface area (Å²) in [6, 6.07) is 18.8. The van der Waals surface area contributed by atoms with Crippen molar-refractivity contribution in [2.75, 3.05) is 6.61 Å². The summed E-state index contributed by atoms with van der Waals surface area (Å²) in [6.45, 7) is 17.4. The normalized spacial score (nSPS) is 14.1. The van der Waals surface area contributed by atoms with Gasteiger partial charge in [0.05, 0.1) is 6.61 Å². The molecule has 0 N–H and O–H groups in total. The minimum Gasteiger partial charge on any atom is -0.463 e. The van der Waals surface area contributed by atoms with E-state index in [1.165, 1.54) is 5.56 Å². The maximum absolute atomic E-state index is 12.7. The molecule has 0 heterocycles. The van der Waals surface area contributed by atoms with Crippen LogP contribution < -0.4 is 0 Å². The smallest absolute Gasteiger partial charge is 0.334 e. The van der Waals surface area contributed by atoms with Gasteiger partial charge in [-0.1, -0.05) is 108 Å². The van der Waals surface area contributed by atoms with Crippen LogP contribution in [0.1, 0.15) is 70.6 Å². The topological polar surface area (TPSA) is 26.3 Å². The number of carbonyl (C=O) groups is 1. The highest BCUT2D eigenvalue weighted by Gasteiger charge is 2.27. The molecule has 0 saturated heterocycles. The summed E-state index contributed by atoms with van der Waals surface area (Å²) in [7, 11) is 0. The van der Waals surface area contributed by atoms with E-state index in [4.69, 9.17) is 4.74 Å². The van der Waals surface area contributed by atoms with E-state index in [0.29, 0.717) is 18.1 Å². The van der Waals surface area contributed by atoms with Gasteiger partial charge < -0.3 is 4.74 Å². The van der Waals surface area contributed by atoms with Crippen molar-refractivity contribution in [1.29, 1.82) is 0 Å². The van der Waals surface area contributed by atoms with Crippen LogP contribution in [0.25, 0.3) is 5.57 Å². The molecule has 0 aliphatic carbocycles. The van der Waals surface area contributed by atoms with Gasteiger partial charge in [0.1, 0.15) is 0 Å². The van der Waals surface area contributed by atoms with E-state index in [1.807, 2.05) is 25.1 Å². The molecule has 0 aliphatic rings. The van der Waals surface area contributed by atoms with Crippen molar-refractivity contribution in [2.45, 2.75) is 59.3 Å². The summed E-state index contributed by atoms with van der Waals surface area (Å²) >= 11 is 0. The Morgan fingerprint density at radius 1 is 1.03 bits per heavy atom.